The van der Waals surface area contributed by atoms with Crippen molar-refractivity contribution in [2.75, 3.05) is 19.8 Å². The van der Waals surface area contributed by atoms with Gasteiger partial charge < -0.3 is 9.47 Å². The standard InChI is InChI=1S/C10H18O2/c1-9(2,3)10-4-8(6-12-10)5-11-7-10/h8H,4-7H2,1-3H3. The molecule has 2 unspecified atom stereocenters. The Morgan fingerprint density at radius 1 is 1.25 bits per heavy atom. The third-order valence-corrected chi connectivity index (χ3v) is 3.27. The van der Waals surface area contributed by atoms with Gasteiger partial charge in [0.1, 0.15) is 0 Å². The van der Waals surface area contributed by atoms with Gasteiger partial charge in [-0.2, -0.15) is 0 Å². The van der Waals surface area contributed by atoms with Crippen molar-refractivity contribution in [2.45, 2.75) is 32.8 Å². The average molecular weight is 170 g/mol. The van der Waals surface area contributed by atoms with Crippen LogP contribution in [0.25, 0.3) is 0 Å². The summed E-state index contributed by atoms with van der Waals surface area (Å²) in [6, 6.07) is 0. The largest absolute Gasteiger partial charge is 0.378 e. The van der Waals surface area contributed by atoms with Gasteiger partial charge in [-0.05, 0) is 11.8 Å². The van der Waals surface area contributed by atoms with Crippen LogP contribution >= 0.6 is 0 Å². The Kier molecular flexibility index (Phi) is 1.74. The molecule has 0 N–H and O–H groups in total. The van der Waals surface area contributed by atoms with Crippen molar-refractivity contribution in [3.8, 4) is 0 Å². The van der Waals surface area contributed by atoms with Crippen molar-refractivity contribution in [3.63, 3.8) is 0 Å². The summed E-state index contributed by atoms with van der Waals surface area (Å²) in [5.41, 5.74) is 0.220. The first-order chi connectivity index (χ1) is 5.54. The van der Waals surface area contributed by atoms with Crippen LogP contribution in [0.15, 0.2) is 0 Å². The van der Waals surface area contributed by atoms with Gasteiger partial charge in [-0.3, -0.25) is 0 Å². The van der Waals surface area contributed by atoms with Crippen LogP contribution < -0.4 is 0 Å². The number of rotatable bonds is 0. The molecule has 0 aliphatic carbocycles. The predicted octanol–water partition coefficient (Wildman–Crippen LogP) is 1.84. The highest BCUT2D eigenvalue weighted by atomic mass is 16.6. The van der Waals surface area contributed by atoms with E-state index in [0.29, 0.717) is 5.92 Å². The summed E-state index contributed by atoms with van der Waals surface area (Å²) in [4.78, 5) is 0. The van der Waals surface area contributed by atoms with E-state index in [4.69, 9.17) is 9.47 Å². The van der Waals surface area contributed by atoms with E-state index in [9.17, 15) is 0 Å². The highest BCUT2D eigenvalue weighted by molar-refractivity contribution is 5.00. The van der Waals surface area contributed by atoms with E-state index in [-0.39, 0.29) is 11.0 Å². The van der Waals surface area contributed by atoms with E-state index in [1.807, 2.05) is 0 Å². The maximum absolute atomic E-state index is 5.90. The molecule has 70 valence electrons. The van der Waals surface area contributed by atoms with Crippen LogP contribution in [0.2, 0.25) is 0 Å². The molecule has 2 aliphatic rings. The van der Waals surface area contributed by atoms with Crippen molar-refractivity contribution < 1.29 is 9.47 Å². The van der Waals surface area contributed by atoms with Crippen LogP contribution in [0.4, 0.5) is 0 Å². The predicted molar refractivity (Wildman–Crippen MR) is 47.1 cm³/mol. The molecule has 2 fully saturated rings. The maximum atomic E-state index is 5.90. The molecular weight excluding hydrogens is 152 g/mol. The zero-order valence-electron chi connectivity index (χ0n) is 8.22. The van der Waals surface area contributed by atoms with Gasteiger partial charge in [0.05, 0.1) is 25.4 Å². The molecule has 0 aromatic carbocycles. The van der Waals surface area contributed by atoms with Gasteiger partial charge in [0.2, 0.25) is 0 Å². The summed E-state index contributed by atoms with van der Waals surface area (Å²) in [6.07, 6.45) is 1.19. The zero-order valence-corrected chi connectivity index (χ0v) is 8.22. The Labute approximate surface area is 74.2 Å². The molecule has 12 heavy (non-hydrogen) atoms. The fourth-order valence-corrected chi connectivity index (χ4v) is 2.20. The van der Waals surface area contributed by atoms with E-state index < -0.39 is 0 Å². The number of ether oxygens (including phenoxy) is 2. The number of hydrogen-bond donors (Lipinski definition) is 0. The Balaban J connectivity index is 2.21. The third-order valence-electron chi connectivity index (χ3n) is 3.27. The monoisotopic (exact) mass is 170 g/mol. The lowest BCUT2D eigenvalue weighted by Gasteiger charge is -2.42. The zero-order chi connectivity index (χ0) is 8.82. The summed E-state index contributed by atoms with van der Waals surface area (Å²) < 4.78 is 11.5. The molecule has 2 heteroatoms. The summed E-state index contributed by atoms with van der Waals surface area (Å²) in [6.45, 7) is 9.31. The first-order valence-electron chi connectivity index (χ1n) is 4.75. The van der Waals surface area contributed by atoms with Gasteiger partial charge in [0.15, 0.2) is 0 Å². The molecule has 0 spiro atoms. The molecule has 2 saturated heterocycles. The van der Waals surface area contributed by atoms with E-state index in [1.54, 1.807) is 0 Å². The Morgan fingerprint density at radius 3 is 2.58 bits per heavy atom. The minimum atomic E-state index is 0.00984. The summed E-state index contributed by atoms with van der Waals surface area (Å²) >= 11 is 0. The summed E-state index contributed by atoms with van der Waals surface area (Å²) in [5, 5.41) is 0. The fourth-order valence-electron chi connectivity index (χ4n) is 2.20. The normalized spacial score (nSPS) is 41.8. The van der Waals surface area contributed by atoms with E-state index in [1.165, 1.54) is 6.42 Å². The van der Waals surface area contributed by atoms with Crippen LogP contribution in [-0.2, 0) is 9.47 Å². The molecule has 2 heterocycles. The first-order valence-corrected chi connectivity index (χ1v) is 4.75. The summed E-state index contributed by atoms with van der Waals surface area (Å²) in [7, 11) is 0. The Morgan fingerprint density at radius 2 is 2.00 bits per heavy atom. The molecule has 2 bridgehead atoms. The fraction of sp³-hybridized carbons (Fsp3) is 1.00. The second-order valence-corrected chi connectivity index (χ2v) is 5.14. The minimum absolute atomic E-state index is 0.00984. The Hall–Kier alpha value is -0.0800. The molecule has 2 aliphatic heterocycles. The third kappa shape index (κ3) is 1.09. The number of fused-ring (bicyclic) bond motifs is 2. The van der Waals surface area contributed by atoms with Gasteiger partial charge in [0, 0.05) is 5.92 Å². The minimum Gasteiger partial charge on any atom is -0.378 e. The van der Waals surface area contributed by atoms with E-state index in [2.05, 4.69) is 20.8 Å². The first kappa shape index (κ1) is 8.52. The van der Waals surface area contributed by atoms with Gasteiger partial charge >= 0.3 is 0 Å². The van der Waals surface area contributed by atoms with Crippen molar-refractivity contribution >= 4 is 0 Å². The molecule has 0 radical (unpaired) electrons. The maximum Gasteiger partial charge on any atom is 0.0967 e. The van der Waals surface area contributed by atoms with Crippen LogP contribution in [0, 0.1) is 11.3 Å². The van der Waals surface area contributed by atoms with E-state index >= 15 is 0 Å². The SMILES string of the molecule is CC(C)(C)C12COCC(CO1)C2. The highest BCUT2D eigenvalue weighted by Gasteiger charge is 2.51. The lowest BCUT2D eigenvalue weighted by atomic mass is 9.73. The molecule has 2 nitrogen and oxygen atoms in total. The van der Waals surface area contributed by atoms with E-state index in [0.717, 1.165) is 19.8 Å². The molecular formula is C10H18O2. The summed E-state index contributed by atoms with van der Waals surface area (Å²) in [5.74, 6) is 0.651. The Bertz CT molecular complexity index is 179. The molecule has 2 rings (SSSR count). The molecule has 0 saturated carbocycles. The van der Waals surface area contributed by atoms with Crippen molar-refractivity contribution in [3.05, 3.63) is 0 Å². The van der Waals surface area contributed by atoms with Gasteiger partial charge in [-0.25, -0.2) is 0 Å². The molecule has 0 amide bonds. The number of hydrogen-bond acceptors (Lipinski definition) is 2. The molecule has 2 atom stereocenters. The van der Waals surface area contributed by atoms with Crippen LogP contribution in [0.5, 0.6) is 0 Å². The molecule has 0 aromatic rings. The van der Waals surface area contributed by atoms with Crippen molar-refractivity contribution in [1.82, 2.24) is 0 Å². The quantitative estimate of drug-likeness (QED) is 0.552. The van der Waals surface area contributed by atoms with Crippen LogP contribution in [-0.4, -0.2) is 25.4 Å². The second kappa shape index (κ2) is 2.46. The van der Waals surface area contributed by atoms with Gasteiger partial charge in [0.25, 0.3) is 0 Å². The van der Waals surface area contributed by atoms with Crippen molar-refractivity contribution in [2.24, 2.45) is 11.3 Å². The highest BCUT2D eigenvalue weighted by Crippen LogP contribution is 2.46. The smallest absolute Gasteiger partial charge is 0.0967 e. The second-order valence-electron chi connectivity index (χ2n) is 5.14. The van der Waals surface area contributed by atoms with Crippen LogP contribution in [0.1, 0.15) is 27.2 Å². The lowest BCUT2D eigenvalue weighted by Crippen LogP contribution is -2.48. The van der Waals surface area contributed by atoms with Crippen molar-refractivity contribution in [1.29, 1.82) is 0 Å². The lowest BCUT2D eigenvalue weighted by molar-refractivity contribution is -0.127. The molecule has 0 aromatic heterocycles. The van der Waals surface area contributed by atoms with Crippen LogP contribution in [0.3, 0.4) is 0 Å². The van der Waals surface area contributed by atoms with Gasteiger partial charge in [-0.15, -0.1) is 0 Å². The average Bonchev–Trinajstić information content (AvgIpc) is 2.27. The van der Waals surface area contributed by atoms with Gasteiger partial charge in [-0.1, -0.05) is 20.8 Å². The topological polar surface area (TPSA) is 18.5 Å².